The number of benzene rings is 1. The van der Waals surface area contributed by atoms with Crippen molar-refractivity contribution in [1.82, 2.24) is 14.2 Å². The van der Waals surface area contributed by atoms with Crippen molar-refractivity contribution in [3.63, 3.8) is 0 Å². The van der Waals surface area contributed by atoms with Crippen LogP contribution in [-0.4, -0.2) is 54.8 Å². The first kappa shape index (κ1) is 18.8. The Morgan fingerprint density at radius 2 is 1.89 bits per heavy atom. The predicted molar refractivity (Wildman–Crippen MR) is 94.6 cm³/mol. The van der Waals surface area contributed by atoms with Crippen LogP contribution in [0.15, 0.2) is 41.4 Å². The van der Waals surface area contributed by atoms with Crippen LogP contribution in [0, 0.1) is 6.92 Å². The van der Waals surface area contributed by atoms with Crippen LogP contribution in [0.1, 0.15) is 27.7 Å². The van der Waals surface area contributed by atoms with Gasteiger partial charge in [-0.1, -0.05) is 0 Å². The number of aromatic nitrogens is 1. The van der Waals surface area contributed by atoms with Crippen LogP contribution in [0.5, 0.6) is 5.75 Å². The monoisotopic (exact) mass is 409 g/mol. The molecule has 1 aromatic heterocycles. The summed E-state index contributed by atoms with van der Waals surface area (Å²) in [5.41, 5.74) is 1.94. The average Bonchev–Trinajstić information content (AvgIpc) is 2.95. The van der Waals surface area contributed by atoms with Gasteiger partial charge in [-0.25, -0.2) is 8.42 Å². The predicted octanol–water partition coefficient (Wildman–Crippen LogP) is 2.19. The molecule has 1 saturated heterocycles. The summed E-state index contributed by atoms with van der Waals surface area (Å²) in [5.74, 6) is -0.242. The summed E-state index contributed by atoms with van der Waals surface area (Å²) in [7, 11) is -3.84. The SMILES string of the molecule is Cc1nccc2c1C(=O)N1CCN(S(=O)(=O)c3ccc(OC(F)F)cc3)CC21. The zero-order chi connectivity index (χ0) is 20.1. The number of carbonyl (C=O) groups is 1. The molecule has 3 heterocycles. The fourth-order valence-corrected chi connectivity index (χ4v) is 5.15. The van der Waals surface area contributed by atoms with E-state index in [0.717, 1.165) is 5.56 Å². The van der Waals surface area contributed by atoms with Crippen molar-refractivity contribution in [2.45, 2.75) is 24.5 Å². The Morgan fingerprint density at radius 1 is 1.18 bits per heavy atom. The lowest BCUT2D eigenvalue weighted by atomic mass is 10.0. The highest BCUT2D eigenvalue weighted by molar-refractivity contribution is 7.89. The quantitative estimate of drug-likeness (QED) is 0.774. The summed E-state index contributed by atoms with van der Waals surface area (Å²) in [6, 6.07) is 6.24. The summed E-state index contributed by atoms with van der Waals surface area (Å²) in [6.45, 7) is -0.676. The van der Waals surface area contributed by atoms with E-state index < -0.39 is 16.6 Å². The van der Waals surface area contributed by atoms with Gasteiger partial charge in [0.2, 0.25) is 10.0 Å². The van der Waals surface area contributed by atoms with Crippen molar-refractivity contribution in [3.05, 3.63) is 53.3 Å². The van der Waals surface area contributed by atoms with E-state index in [1.165, 1.54) is 28.6 Å². The minimum absolute atomic E-state index is 0.0157. The second-order valence-corrected chi connectivity index (χ2v) is 8.53. The van der Waals surface area contributed by atoms with Gasteiger partial charge < -0.3 is 9.64 Å². The summed E-state index contributed by atoms with van der Waals surface area (Å²) in [6.07, 6.45) is 1.61. The van der Waals surface area contributed by atoms with Gasteiger partial charge in [-0.3, -0.25) is 9.78 Å². The Balaban J connectivity index is 1.60. The molecule has 2 aliphatic rings. The number of pyridine rings is 1. The van der Waals surface area contributed by atoms with Crippen LogP contribution < -0.4 is 4.74 Å². The minimum atomic E-state index is -3.84. The highest BCUT2D eigenvalue weighted by Crippen LogP contribution is 2.38. The van der Waals surface area contributed by atoms with Crippen molar-refractivity contribution in [2.24, 2.45) is 0 Å². The van der Waals surface area contributed by atoms with E-state index in [2.05, 4.69) is 9.72 Å². The zero-order valence-electron chi connectivity index (χ0n) is 14.9. The molecule has 4 rings (SSSR count). The number of aryl methyl sites for hydroxylation is 1. The molecule has 7 nitrogen and oxygen atoms in total. The molecule has 0 saturated carbocycles. The number of ether oxygens (including phenoxy) is 1. The number of alkyl halides is 2. The Morgan fingerprint density at radius 3 is 2.57 bits per heavy atom. The number of rotatable bonds is 4. The van der Waals surface area contributed by atoms with E-state index in [9.17, 15) is 22.0 Å². The Hall–Kier alpha value is -2.59. The summed E-state index contributed by atoms with van der Waals surface area (Å²) in [4.78, 5) is 18.5. The second-order valence-electron chi connectivity index (χ2n) is 6.59. The molecule has 28 heavy (non-hydrogen) atoms. The van der Waals surface area contributed by atoms with Gasteiger partial charge in [0.15, 0.2) is 0 Å². The maximum Gasteiger partial charge on any atom is 0.387 e. The maximum atomic E-state index is 13.0. The van der Waals surface area contributed by atoms with Crippen molar-refractivity contribution in [1.29, 1.82) is 0 Å². The Labute approximate surface area is 160 Å². The van der Waals surface area contributed by atoms with Gasteiger partial charge in [0.25, 0.3) is 5.91 Å². The number of hydrogen-bond donors (Lipinski definition) is 0. The van der Waals surface area contributed by atoms with Crippen LogP contribution in [-0.2, 0) is 10.0 Å². The number of nitrogens with zero attached hydrogens (tertiary/aromatic N) is 3. The molecular weight excluding hydrogens is 392 g/mol. The topological polar surface area (TPSA) is 79.8 Å². The Bertz CT molecular complexity index is 1030. The lowest BCUT2D eigenvalue weighted by Crippen LogP contribution is -2.49. The molecule has 1 unspecified atom stereocenters. The number of sulfonamides is 1. The molecule has 0 N–H and O–H groups in total. The minimum Gasteiger partial charge on any atom is -0.435 e. The average molecular weight is 409 g/mol. The summed E-state index contributed by atoms with van der Waals surface area (Å²) in [5, 5.41) is 0. The van der Waals surface area contributed by atoms with E-state index >= 15 is 0 Å². The van der Waals surface area contributed by atoms with Crippen LogP contribution in [0.2, 0.25) is 0 Å². The Kier molecular flexibility index (Phi) is 4.54. The van der Waals surface area contributed by atoms with E-state index in [1.807, 2.05) is 0 Å². The van der Waals surface area contributed by atoms with E-state index in [4.69, 9.17) is 0 Å². The molecule has 1 fully saturated rings. The number of hydrogen-bond acceptors (Lipinski definition) is 5. The van der Waals surface area contributed by atoms with Gasteiger partial charge in [0, 0.05) is 25.8 Å². The molecule has 0 bridgehead atoms. The molecule has 1 aromatic carbocycles. The summed E-state index contributed by atoms with van der Waals surface area (Å²) >= 11 is 0. The normalized spacial score (nSPS) is 19.6. The van der Waals surface area contributed by atoms with Gasteiger partial charge >= 0.3 is 6.61 Å². The highest BCUT2D eigenvalue weighted by Gasteiger charge is 2.44. The van der Waals surface area contributed by atoms with Gasteiger partial charge in [-0.15, -0.1) is 0 Å². The van der Waals surface area contributed by atoms with Gasteiger partial charge in [0.05, 0.1) is 22.2 Å². The fraction of sp³-hybridized carbons (Fsp3) is 0.333. The molecule has 1 atom stereocenters. The molecule has 0 spiro atoms. The van der Waals surface area contributed by atoms with Crippen molar-refractivity contribution in [2.75, 3.05) is 19.6 Å². The third-order valence-electron chi connectivity index (χ3n) is 5.04. The van der Waals surface area contributed by atoms with Crippen molar-refractivity contribution >= 4 is 15.9 Å². The van der Waals surface area contributed by atoms with Gasteiger partial charge in [-0.05, 0) is 42.8 Å². The first-order valence-electron chi connectivity index (χ1n) is 8.60. The molecule has 2 aliphatic heterocycles. The van der Waals surface area contributed by atoms with Crippen LogP contribution in [0.3, 0.4) is 0 Å². The molecule has 0 radical (unpaired) electrons. The second kappa shape index (κ2) is 6.78. The third kappa shape index (κ3) is 3.02. The molecule has 0 aliphatic carbocycles. The molecule has 148 valence electrons. The van der Waals surface area contributed by atoms with E-state index in [0.29, 0.717) is 11.3 Å². The summed E-state index contributed by atoms with van der Waals surface area (Å²) < 4.78 is 56.1. The van der Waals surface area contributed by atoms with Crippen LogP contribution in [0.25, 0.3) is 0 Å². The molecule has 10 heteroatoms. The largest absolute Gasteiger partial charge is 0.435 e. The number of halogens is 2. The van der Waals surface area contributed by atoms with E-state index in [-0.39, 0.29) is 42.2 Å². The number of piperazine rings is 1. The number of amides is 1. The fourth-order valence-electron chi connectivity index (χ4n) is 3.71. The number of carbonyl (C=O) groups excluding carboxylic acids is 1. The van der Waals surface area contributed by atoms with Gasteiger partial charge in [-0.2, -0.15) is 13.1 Å². The van der Waals surface area contributed by atoms with Gasteiger partial charge in [0.1, 0.15) is 5.75 Å². The lowest BCUT2D eigenvalue weighted by molar-refractivity contribution is -0.0498. The first-order chi connectivity index (χ1) is 13.3. The van der Waals surface area contributed by atoms with Crippen LogP contribution >= 0.6 is 0 Å². The zero-order valence-corrected chi connectivity index (χ0v) is 15.7. The number of fused-ring (bicyclic) bond motifs is 3. The molecule has 1 amide bonds. The van der Waals surface area contributed by atoms with Crippen molar-refractivity contribution < 1.29 is 26.7 Å². The standard InChI is InChI=1S/C18H17F2N3O4S/c1-11-16-14(6-7-21-11)15-10-22(8-9-23(15)17(16)24)28(25,26)13-4-2-12(3-5-13)27-18(19)20/h2-7,15,18H,8-10H2,1H3. The third-order valence-corrected chi connectivity index (χ3v) is 6.92. The highest BCUT2D eigenvalue weighted by atomic mass is 32.2. The maximum absolute atomic E-state index is 13.0. The van der Waals surface area contributed by atoms with E-state index in [1.54, 1.807) is 24.1 Å². The smallest absolute Gasteiger partial charge is 0.387 e. The lowest BCUT2D eigenvalue weighted by Gasteiger charge is -2.37. The molecule has 2 aromatic rings. The first-order valence-corrected chi connectivity index (χ1v) is 10.0. The van der Waals surface area contributed by atoms with Crippen molar-refractivity contribution in [3.8, 4) is 5.75 Å². The molecular formula is C18H17F2N3O4S. The van der Waals surface area contributed by atoms with Crippen LogP contribution in [0.4, 0.5) is 8.78 Å².